The first kappa shape index (κ1) is 23.2. The number of esters is 2. The Morgan fingerprint density at radius 3 is 2.45 bits per heavy atom. The van der Waals surface area contributed by atoms with Crippen LogP contribution in [0, 0.1) is 0 Å². The number of carbonyl (C=O) groups is 2. The highest BCUT2D eigenvalue weighted by molar-refractivity contribution is 6.36. The molecule has 0 aliphatic carbocycles. The summed E-state index contributed by atoms with van der Waals surface area (Å²) in [6, 6.07) is 12.5. The number of anilines is 1. The van der Waals surface area contributed by atoms with Gasteiger partial charge in [-0.25, -0.2) is 9.59 Å². The molecule has 0 spiro atoms. The van der Waals surface area contributed by atoms with Crippen LogP contribution >= 0.6 is 23.2 Å². The van der Waals surface area contributed by atoms with E-state index in [0.29, 0.717) is 26.9 Å². The summed E-state index contributed by atoms with van der Waals surface area (Å²) < 4.78 is 10.9. The van der Waals surface area contributed by atoms with E-state index in [0.717, 1.165) is 0 Å². The van der Waals surface area contributed by atoms with E-state index in [1.807, 2.05) is 30.3 Å². The molecule has 7 heteroatoms. The summed E-state index contributed by atoms with van der Waals surface area (Å²) in [5, 5.41) is 4.12. The molecule has 5 nitrogen and oxygen atoms in total. The molecule has 0 fully saturated rings. The molecule has 1 heterocycles. The van der Waals surface area contributed by atoms with Gasteiger partial charge < -0.3 is 14.8 Å². The predicted octanol–water partition coefficient (Wildman–Crippen LogP) is 5.86. The minimum Gasteiger partial charge on any atom is -0.464 e. The van der Waals surface area contributed by atoms with E-state index >= 15 is 0 Å². The van der Waals surface area contributed by atoms with Crippen molar-refractivity contribution in [3.63, 3.8) is 0 Å². The molecule has 1 aliphatic rings. The van der Waals surface area contributed by atoms with Gasteiger partial charge in [-0.3, -0.25) is 0 Å². The second-order valence-corrected chi connectivity index (χ2v) is 9.08. The van der Waals surface area contributed by atoms with Gasteiger partial charge in [-0.1, -0.05) is 59.6 Å². The lowest BCUT2D eigenvalue weighted by molar-refractivity contribution is -0.150. The van der Waals surface area contributed by atoms with E-state index in [4.69, 9.17) is 32.7 Å². The topological polar surface area (TPSA) is 64.6 Å². The van der Waals surface area contributed by atoms with Crippen molar-refractivity contribution in [3.8, 4) is 0 Å². The lowest BCUT2D eigenvalue weighted by Gasteiger charge is -2.33. The third kappa shape index (κ3) is 4.73. The third-order valence-corrected chi connectivity index (χ3v) is 5.39. The summed E-state index contributed by atoms with van der Waals surface area (Å²) in [5.41, 5.74) is -0.0330. The Balaban J connectivity index is 2.19. The molecule has 31 heavy (non-hydrogen) atoms. The molecule has 0 bridgehead atoms. The Bertz CT molecular complexity index is 1010. The molecule has 2 aromatic carbocycles. The van der Waals surface area contributed by atoms with Crippen molar-refractivity contribution in [2.75, 3.05) is 11.9 Å². The van der Waals surface area contributed by atoms with Crippen LogP contribution in [0.2, 0.25) is 10.0 Å². The van der Waals surface area contributed by atoms with Crippen LogP contribution in [0.5, 0.6) is 0 Å². The predicted molar refractivity (Wildman–Crippen MR) is 123 cm³/mol. The van der Waals surface area contributed by atoms with Crippen LogP contribution in [0.4, 0.5) is 5.69 Å². The number of benzene rings is 2. The van der Waals surface area contributed by atoms with Gasteiger partial charge in [0, 0.05) is 33.3 Å². The Kier molecular flexibility index (Phi) is 6.68. The van der Waals surface area contributed by atoms with Crippen molar-refractivity contribution >= 4 is 40.8 Å². The first-order chi connectivity index (χ1) is 14.6. The molecule has 0 saturated heterocycles. The van der Waals surface area contributed by atoms with Gasteiger partial charge in [0.05, 0.1) is 6.61 Å². The van der Waals surface area contributed by atoms with Crippen LogP contribution in [0.1, 0.15) is 44.7 Å². The average Bonchev–Trinajstić information content (AvgIpc) is 3.01. The van der Waals surface area contributed by atoms with Crippen LogP contribution < -0.4 is 5.32 Å². The SMILES string of the molecule is CCOC(=O)C1(c2ccccc2)Nc2cc(Cl)cc(Cl)c2C1/C=C/C(=O)OC(C)(C)C. The summed E-state index contributed by atoms with van der Waals surface area (Å²) >= 11 is 12.8. The smallest absolute Gasteiger partial charge is 0.337 e. The van der Waals surface area contributed by atoms with E-state index in [1.54, 1.807) is 45.9 Å². The van der Waals surface area contributed by atoms with Gasteiger partial charge in [0.1, 0.15) is 5.60 Å². The summed E-state index contributed by atoms with van der Waals surface area (Å²) in [6.45, 7) is 7.31. The molecule has 0 radical (unpaired) electrons. The van der Waals surface area contributed by atoms with Crippen molar-refractivity contribution < 1.29 is 19.1 Å². The van der Waals surface area contributed by atoms with Crippen molar-refractivity contribution in [2.45, 2.75) is 44.8 Å². The first-order valence-corrected chi connectivity index (χ1v) is 10.7. The fourth-order valence-corrected chi connectivity index (χ4v) is 4.37. The second-order valence-electron chi connectivity index (χ2n) is 8.24. The highest BCUT2D eigenvalue weighted by atomic mass is 35.5. The van der Waals surface area contributed by atoms with Crippen molar-refractivity contribution in [1.29, 1.82) is 0 Å². The molecular weight excluding hydrogens is 437 g/mol. The monoisotopic (exact) mass is 461 g/mol. The van der Waals surface area contributed by atoms with Crippen LogP contribution in [-0.2, 0) is 24.6 Å². The average molecular weight is 462 g/mol. The van der Waals surface area contributed by atoms with Crippen molar-refractivity contribution in [2.24, 2.45) is 0 Å². The molecule has 2 aromatic rings. The van der Waals surface area contributed by atoms with Crippen LogP contribution in [-0.4, -0.2) is 24.1 Å². The van der Waals surface area contributed by atoms with E-state index in [2.05, 4.69) is 5.32 Å². The third-order valence-electron chi connectivity index (χ3n) is 4.86. The number of ether oxygens (including phenoxy) is 2. The molecular formula is C24H25Cl2NO4. The zero-order valence-corrected chi connectivity index (χ0v) is 19.4. The molecule has 0 aromatic heterocycles. The Labute approximate surface area is 192 Å². The number of nitrogens with one attached hydrogen (secondary N) is 1. The van der Waals surface area contributed by atoms with Gasteiger partial charge in [0.25, 0.3) is 0 Å². The number of fused-ring (bicyclic) bond motifs is 1. The molecule has 2 unspecified atom stereocenters. The Hall–Kier alpha value is -2.50. The minimum atomic E-state index is -1.33. The van der Waals surface area contributed by atoms with Crippen LogP contribution in [0.15, 0.2) is 54.6 Å². The van der Waals surface area contributed by atoms with Gasteiger partial charge in [0.2, 0.25) is 0 Å². The maximum Gasteiger partial charge on any atom is 0.337 e. The molecule has 1 aliphatic heterocycles. The first-order valence-electron chi connectivity index (χ1n) is 9.99. The fourth-order valence-electron chi connectivity index (χ4n) is 3.76. The summed E-state index contributed by atoms with van der Waals surface area (Å²) in [5.74, 6) is -1.64. The highest BCUT2D eigenvalue weighted by Gasteiger charge is 2.54. The van der Waals surface area contributed by atoms with Crippen molar-refractivity contribution in [3.05, 3.63) is 75.8 Å². The number of rotatable bonds is 5. The summed E-state index contributed by atoms with van der Waals surface area (Å²) in [6.07, 6.45) is 2.96. The van der Waals surface area contributed by atoms with E-state index in [1.165, 1.54) is 6.08 Å². The van der Waals surface area contributed by atoms with Crippen LogP contribution in [0.3, 0.4) is 0 Å². The number of hydrogen-bond acceptors (Lipinski definition) is 5. The minimum absolute atomic E-state index is 0.197. The largest absolute Gasteiger partial charge is 0.464 e. The van der Waals surface area contributed by atoms with Gasteiger partial charge in [-0.05, 0) is 45.4 Å². The van der Waals surface area contributed by atoms with Gasteiger partial charge in [-0.15, -0.1) is 0 Å². The zero-order chi connectivity index (χ0) is 22.8. The maximum absolute atomic E-state index is 13.4. The van der Waals surface area contributed by atoms with E-state index in [9.17, 15) is 9.59 Å². The van der Waals surface area contributed by atoms with Gasteiger partial charge in [-0.2, -0.15) is 0 Å². The molecule has 164 valence electrons. The normalized spacial score (nSPS) is 20.3. The maximum atomic E-state index is 13.4. The molecule has 1 N–H and O–H groups in total. The molecule has 3 rings (SSSR count). The summed E-state index contributed by atoms with van der Waals surface area (Å²) in [4.78, 5) is 25.8. The van der Waals surface area contributed by atoms with Gasteiger partial charge in [0.15, 0.2) is 5.54 Å². The van der Waals surface area contributed by atoms with Crippen LogP contribution in [0.25, 0.3) is 0 Å². The Morgan fingerprint density at radius 2 is 1.84 bits per heavy atom. The van der Waals surface area contributed by atoms with E-state index in [-0.39, 0.29) is 6.61 Å². The number of hydrogen-bond donors (Lipinski definition) is 1. The lowest BCUT2D eigenvalue weighted by Crippen LogP contribution is -2.45. The molecule has 0 amide bonds. The molecule has 0 saturated carbocycles. The number of halogens is 2. The Morgan fingerprint density at radius 1 is 1.16 bits per heavy atom. The highest BCUT2D eigenvalue weighted by Crippen LogP contribution is 2.53. The zero-order valence-electron chi connectivity index (χ0n) is 17.9. The summed E-state index contributed by atoms with van der Waals surface area (Å²) in [7, 11) is 0. The number of carbonyl (C=O) groups excluding carboxylic acids is 2. The fraction of sp³-hybridized carbons (Fsp3) is 0.333. The van der Waals surface area contributed by atoms with Crippen molar-refractivity contribution in [1.82, 2.24) is 0 Å². The standard InChI is InChI=1S/C24H25Cl2NO4/c1-5-30-22(29)24(15-9-7-6-8-10-15)17(11-12-20(28)31-23(2,3)4)21-18(26)13-16(25)14-19(21)27-24/h6-14,17,27H,5H2,1-4H3/b12-11+. The second kappa shape index (κ2) is 8.93. The lowest BCUT2D eigenvalue weighted by atomic mass is 9.77. The van der Waals surface area contributed by atoms with E-state index < -0.39 is 29.0 Å². The molecule has 2 atom stereocenters. The van der Waals surface area contributed by atoms with Gasteiger partial charge >= 0.3 is 11.9 Å². The quantitative estimate of drug-likeness (QED) is 0.446.